The summed E-state index contributed by atoms with van der Waals surface area (Å²) >= 11 is 0. The number of rotatable bonds is 2. The molecule has 0 unspecified atom stereocenters. The van der Waals surface area contributed by atoms with Crippen LogP contribution in [0.25, 0.3) is 0 Å². The fraction of sp³-hybridized carbons (Fsp3) is 0.867. The second-order valence-corrected chi connectivity index (χ2v) is 6.85. The average Bonchev–Trinajstić information content (AvgIpc) is 3.05. The second-order valence-electron chi connectivity index (χ2n) is 6.85. The van der Waals surface area contributed by atoms with Crippen molar-refractivity contribution in [2.75, 3.05) is 20.1 Å². The molecule has 0 aromatic carbocycles. The van der Waals surface area contributed by atoms with E-state index < -0.39 is 23.5 Å². The lowest BCUT2D eigenvalue weighted by atomic mass is 9.88. The molecular formula is C15H22F2N2O3. The zero-order chi connectivity index (χ0) is 16.1. The summed E-state index contributed by atoms with van der Waals surface area (Å²) in [6.45, 7) is 0.524. The third-order valence-electron chi connectivity index (χ3n) is 5.48. The molecule has 0 bridgehead atoms. The Hall–Kier alpha value is -1.24. The van der Waals surface area contributed by atoms with Crippen LogP contribution in [0.15, 0.2) is 0 Å². The normalized spacial score (nSPS) is 31.5. The quantitative estimate of drug-likeness (QED) is 0.827. The Kier molecular flexibility index (Phi) is 3.66. The molecule has 0 aromatic heterocycles. The maximum atomic E-state index is 14.6. The minimum absolute atomic E-state index is 0.0491. The van der Waals surface area contributed by atoms with Gasteiger partial charge in [0.05, 0.1) is 12.0 Å². The molecule has 0 aromatic rings. The van der Waals surface area contributed by atoms with E-state index in [0.29, 0.717) is 32.2 Å². The molecule has 3 fully saturated rings. The molecule has 0 radical (unpaired) electrons. The number of nitrogens with zero attached hydrogens (tertiary/aromatic N) is 2. The Morgan fingerprint density at radius 3 is 2.59 bits per heavy atom. The molecule has 0 spiro atoms. The summed E-state index contributed by atoms with van der Waals surface area (Å²) < 4.78 is 29.2. The van der Waals surface area contributed by atoms with Crippen LogP contribution in [0, 0.1) is 5.92 Å². The number of amides is 2. The van der Waals surface area contributed by atoms with Crippen LogP contribution in [0.2, 0.25) is 0 Å². The molecule has 2 aliphatic heterocycles. The standard InChI is InChI=1S/C15H22F2N2O3/c1-18-9-11-10(12(18)20)5-4-8-19(11)13(21)15(16,17)14(22)6-2-3-7-14/h10-11,22H,2-9H2,1H3/t10-,11-/m1/s1. The predicted octanol–water partition coefficient (Wildman–Crippen LogP) is 1.01. The first kappa shape index (κ1) is 15.6. The van der Waals surface area contributed by atoms with Crippen LogP contribution >= 0.6 is 0 Å². The van der Waals surface area contributed by atoms with Gasteiger partial charge >= 0.3 is 5.92 Å². The van der Waals surface area contributed by atoms with Gasteiger partial charge in [0.1, 0.15) is 5.60 Å². The van der Waals surface area contributed by atoms with Crippen LogP contribution in [-0.4, -0.2) is 64.4 Å². The van der Waals surface area contributed by atoms with Gasteiger partial charge in [-0.15, -0.1) is 0 Å². The lowest BCUT2D eigenvalue weighted by Gasteiger charge is -2.41. The van der Waals surface area contributed by atoms with Crippen molar-refractivity contribution in [2.24, 2.45) is 5.92 Å². The summed E-state index contributed by atoms with van der Waals surface area (Å²) in [7, 11) is 1.63. The zero-order valence-electron chi connectivity index (χ0n) is 12.7. The minimum atomic E-state index is -3.78. The molecule has 2 amide bonds. The van der Waals surface area contributed by atoms with Crippen molar-refractivity contribution in [2.45, 2.75) is 56.1 Å². The van der Waals surface area contributed by atoms with Crippen LogP contribution in [0.4, 0.5) is 8.78 Å². The molecule has 5 nitrogen and oxygen atoms in total. The van der Waals surface area contributed by atoms with Crippen LogP contribution in [0.3, 0.4) is 0 Å². The van der Waals surface area contributed by atoms with Gasteiger partial charge in [-0.3, -0.25) is 9.59 Å². The fourth-order valence-corrected chi connectivity index (χ4v) is 4.13. The summed E-state index contributed by atoms with van der Waals surface area (Å²) in [5.41, 5.74) is -2.23. The SMILES string of the molecule is CN1C[C@@H]2[C@@H](CCCN2C(=O)C(F)(F)C2(O)CCCC2)C1=O. The van der Waals surface area contributed by atoms with Crippen molar-refractivity contribution >= 4 is 11.8 Å². The molecule has 2 atom stereocenters. The van der Waals surface area contributed by atoms with Crippen LogP contribution in [0.1, 0.15) is 38.5 Å². The van der Waals surface area contributed by atoms with E-state index in [4.69, 9.17) is 0 Å². The third kappa shape index (κ3) is 2.13. The molecule has 1 N–H and O–H groups in total. The van der Waals surface area contributed by atoms with E-state index in [9.17, 15) is 23.5 Å². The summed E-state index contributed by atoms with van der Waals surface area (Å²) in [6, 6.07) is -0.491. The molecule has 22 heavy (non-hydrogen) atoms. The van der Waals surface area contributed by atoms with E-state index in [1.54, 1.807) is 7.05 Å². The number of piperidine rings is 1. The van der Waals surface area contributed by atoms with Crippen molar-refractivity contribution in [1.29, 1.82) is 0 Å². The summed E-state index contributed by atoms with van der Waals surface area (Å²) in [6.07, 6.45) is 2.09. The van der Waals surface area contributed by atoms with Crippen molar-refractivity contribution in [3.8, 4) is 0 Å². The Morgan fingerprint density at radius 1 is 1.32 bits per heavy atom. The zero-order valence-corrected chi connectivity index (χ0v) is 12.7. The van der Waals surface area contributed by atoms with Gasteiger partial charge in [0.15, 0.2) is 0 Å². The summed E-state index contributed by atoms with van der Waals surface area (Å²) in [5.74, 6) is -5.55. The van der Waals surface area contributed by atoms with Gasteiger partial charge in [-0.05, 0) is 25.7 Å². The predicted molar refractivity (Wildman–Crippen MR) is 74.2 cm³/mol. The number of aliphatic hydroxyl groups is 1. The maximum absolute atomic E-state index is 14.6. The van der Waals surface area contributed by atoms with E-state index in [1.165, 1.54) is 4.90 Å². The fourth-order valence-electron chi connectivity index (χ4n) is 4.13. The Morgan fingerprint density at radius 2 is 1.95 bits per heavy atom. The van der Waals surface area contributed by atoms with E-state index >= 15 is 0 Å². The third-order valence-corrected chi connectivity index (χ3v) is 5.48. The van der Waals surface area contributed by atoms with Crippen molar-refractivity contribution in [3.63, 3.8) is 0 Å². The highest BCUT2D eigenvalue weighted by Crippen LogP contribution is 2.44. The monoisotopic (exact) mass is 316 g/mol. The minimum Gasteiger partial charge on any atom is -0.383 e. The highest BCUT2D eigenvalue weighted by molar-refractivity contribution is 5.88. The number of carbonyl (C=O) groups is 2. The molecule has 2 saturated heterocycles. The largest absolute Gasteiger partial charge is 0.383 e. The highest BCUT2D eigenvalue weighted by atomic mass is 19.3. The number of hydrogen-bond acceptors (Lipinski definition) is 3. The highest BCUT2D eigenvalue weighted by Gasteiger charge is 2.62. The summed E-state index contributed by atoms with van der Waals surface area (Å²) in [4.78, 5) is 27.1. The van der Waals surface area contributed by atoms with Gasteiger partial charge in [-0.2, -0.15) is 8.78 Å². The van der Waals surface area contributed by atoms with E-state index in [2.05, 4.69) is 0 Å². The van der Waals surface area contributed by atoms with Gasteiger partial charge < -0.3 is 14.9 Å². The molecule has 1 aliphatic carbocycles. The number of likely N-dealkylation sites (N-methyl/N-ethyl adjacent to an activating group) is 1. The maximum Gasteiger partial charge on any atom is 0.352 e. The smallest absolute Gasteiger partial charge is 0.352 e. The van der Waals surface area contributed by atoms with E-state index in [1.807, 2.05) is 0 Å². The molecule has 1 saturated carbocycles. The van der Waals surface area contributed by atoms with Crippen molar-refractivity contribution in [3.05, 3.63) is 0 Å². The number of fused-ring (bicyclic) bond motifs is 1. The number of carbonyl (C=O) groups excluding carboxylic acids is 2. The van der Waals surface area contributed by atoms with Crippen LogP contribution in [0.5, 0.6) is 0 Å². The Labute approximate surface area is 128 Å². The van der Waals surface area contributed by atoms with Crippen molar-refractivity contribution in [1.82, 2.24) is 9.80 Å². The van der Waals surface area contributed by atoms with Crippen molar-refractivity contribution < 1.29 is 23.5 Å². The van der Waals surface area contributed by atoms with Gasteiger partial charge in [0.2, 0.25) is 5.91 Å². The molecule has 2 heterocycles. The average molecular weight is 316 g/mol. The van der Waals surface area contributed by atoms with E-state index in [-0.39, 0.29) is 31.2 Å². The van der Waals surface area contributed by atoms with Gasteiger partial charge in [0, 0.05) is 20.1 Å². The molecule has 7 heteroatoms. The molecule has 3 aliphatic rings. The number of halogens is 2. The summed E-state index contributed by atoms with van der Waals surface area (Å²) in [5, 5.41) is 10.2. The van der Waals surface area contributed by atoms with Gasteiger partial charge in [0.25, 0.3) is 5.91 Å². The topological polar surface area (TPSA) is 60.9 Å². The van der Waals surface area contributed by atoms with Gasteiger partial charge in [-0.1, -0.05) is 12.8 Å². The van der Waals surface area contributed by atoms with Crippen LogP contribution in [-0.2, 0) is 9.59 Å². The number of likely N-dealkylation sites (tertiary alicyclic amines) is 2. The Balaban J connectivity index is 1.83. The lowest BCUT2D eigenvalue weighted by Crippen LogP contribution is -2.61. The number of hydrogen-bond donors (Lipinski definition) is 1. The number of alkyl halides is 2. The first-order valence-corrected chi connectivity index (χ1v) is 7.94. The van der Waals surface area contributed by atoms with Crippen LogP contribution < -0.4 is 0 Å². The first-order chi connectivity index (χ1) is 10.3. The molecule has 124 valence electrons. The molecule has 3 rings (SSSR count). The first-order valence-electron chi connectivity index (χ1n) is 7.94. The second kappa shape index (κ2) is 5.15. The Bertz CT molecular complexity index is 491. The molecular weight excluding hydrogens is 294 g/mol. The van der Waals surface area contributed by atoms with E-state index in [0.717, 1.165) is 4.90 Å². The van der Waals surface area contributed by atoms with Gasteiger partial charge in [-0.25, -0.2) is 0 Å². The lowest BCUT2D eigenvalue weighted by molar-refractivity contribution is -0.203.